The molecule has 1 rings (SSSR count). The van der Waals surface area contributed by atoms with Crippen LogP contribution in [0, 0.1) is 0 Å². The number of rotatable bonds is 4. The maximum atomic E-state index is 2.56. The number of hydrogen-bond donors (Lipinski definition) is 0. The van der Waals surface area contributed by atoms with E-state index in [-0.39, 0.29) is 0 Å². The maximum absolute atomic E-state index is 2.56. The van der Waals surface area contributed by atoms with E-state index in [1.54, 1.807) is 0 Å². The molecule has 1 saturated heterocycles. The predicted octanol–water partition coefficient (Wildman–Crippen LogP) is 1.27. The number of nitrogens with zero attached hydrogens (tertiary/aromatic N) is 3. The summed E-state index contributed by atoms with van der Waals surface area (Å²) in [6, 6.07) is 0.703. The highest BCUT2D eigenvalue weighted by Gasteiger charge is 2.21. The number of hydrazine groups is 1. The molecule has 0 aromatic heterocycles. The lowest BCUT2D eigenvalue weighted by atomic mass is 10.2. The van der Waals surface area contributed by atoms with Crippen LogP contribution in [0.5, 0.6) is 0 Å². The Balaban J connectivity index is 2.34. The lowest BCUT2D eigenvalue weighted by Crippen LogP contribution is -2.54. The van der Waals surface area contributed by atoms with Crippen molar-refractivity contribution in [3.8, 4) is 0 Å². The molecule has 0 N–H and O–H groups in total. The van der Waals surface area contributed by atoms with Crippen molar-refractivity contribution < 1.29 is 0 Å². The van der Waals surface area contributed by atoms with Gasteiger partial charge in [0.05, 0.1) is 0 Å². The van der Waals surface area contributed by atoms with Crippen molar-refractivity contribution in [3.05, 3.63) is 0 Å². The van der Waals surface area contributed by atoms with Gasteiger partial charge in [0.1, 0.15) is 0 Å². The highest BCUT2D eigenvalue weighted by Crippen LogP contribution is 2.07. The Bertz CT molecular complexity index is 147. The monoisotopic (exact) mass is 199 g/mol. The minimum absolute atomic E-state index is 0.703. The van der Waals surface area contributed by atoms with Crippen molar-refractivity contribution in [1.82, 2.24) is 14.9 Å². The third-order valence-corrected chi connectivity index (χ3v) is 3.15. The average Bonchev–Trinajstić information content (AvgIpc) is 2.20. The van der Waals surface area contributed by atoms with Crippen molar-refractivity contribution in [1.29, 1.82) is 0 Å². The van der Waals surface area contributed by atoms with E-state index in [2.05, 4.69) is 42.6 Å². The molecule has 0 radical (unpaired) electrons. The van der Waals surface area contributed by atoms with Crippen LogP contribution in [0.1, 0.15) is 27.7 Å². The van der Waals surface area contributed by atoms with Crippen LogP contribution in [-0.4, -0.2) is 60.2 Å². The van der Waals surface area contributed by atoms with Gasteiger partial charge >= 0.3 is 0 Å². The Morgan fingerprint density at radius 1 is 1.00 bits per heavy atom. The van der Waals surface area contributed by atoms with Crippen molar-refractivity contribution in [2.24, 2.45) is 0 Å². The normalized spacial score (nSPS) is 21.0. The van der Waals surface area contributed by atoms with Crippen molar-refractivity contribution in [2.75, 3.05) is 39.3 Å². The second kappa shape index (κ2) is 5.69. The SMILES string of the molecule is CCN(CC)N1CCN(C(C)C)CC1. The Labute approximate surface area is 88.6 Å². The molecule has 0 saturated carbocycles. The van der Waals surface area contributed by atoms with Crippen molar-refractivity contribution in [3.63, 3.8) is 0 Å². The number of hydrogen-bond acceptors (Lipinski definition) is 3. The summed E-state index contributed by atoms with van der Waals surface area (Å²) in [6.45, 7) is 16.1. The summed E-state index contributed by atoms with van der Waals surface area (Å²) >= 11 is 0. The summed E-state index contributed by atoms with van der Waals surface area (Å²) in [5, 5.41) is 4.94. The Morgan fingerprint density at radius 3 is 1.86 bits per heavy atom. The number of piperazine rings is 1. The molecule has 0 aromatic rings. The van der Waals surface area contributed by atoms with Crippen LogP contribution in [0.25, 0.3) is 0 Å². The van der Waals surface area contributed by atoms with Gasteiger partial charge < -0.3 is 0 Å². The topological polar surface area (TPSA) is 9.72 Å². The van der Waals surface area contributed by atoms with Crippen LogP contribution in [-0.2, 0) is 0 Å². The Morgan fingerprint density at radius 2 is 1.50 bits per heavy atom. The van der Waals surface area contributed by atoms with Gasteiger partial charge in [-0.25, -0.2) is 10.0 Å². The fourth-order valence-electron chi connectivity index (χ4n) is 2.13. The highest BCUT2D eigenvalue weighted by atomic mass is 15.6. The Kier molecular flexibility index (Phi) is 4.85. The maximum Gasteiger partial charge on any atom is 0.0261 e. The summed E-state index contributed by atoms with van der Waals surface area (Å²) in [4.78, 5) is 2.56. The Hall–Kier alpha value is -0.120. The van der Waals surface area contributed by atoms with Gasteiger partial charge in [-0.1, -0.05) is 13.8 Å². The first-order chi connectivity index (χ1) is 6.69. The van der Waals surface area contributed by atoms with Gasteiger partial charge in [-0.3, -0.25) is 4.90 Å². The minimum atomic E-state index is 0.703. The van der Waals surface area contributed by atoms with Crippen LogP contribution >= 0.6 is 0 Å². The van der Waals surface area contributed by atoms with Gasteiger partial charge in [0.2, 0.25) is 0 Å². The van der Waals surface area contributed by atoms with Crippen molar-refractivity contribution in [2.45, 2.75) is 33.7 Å². The summed E-state index contributed by atoms with van der Waals surface area (Å²) < 4.78 is 0. The summed E-state index contributed by atoms with van der Waals surface area (Å²) in [5.74, 6) is 0. The molecule has 1 fully saturated rings. The molecule has 1 aliphatic heterocycles. The first-order valence-corrected chi connectivity index (χ1v) is 5.92. The third-order valence-electron chi connectivity index (χ3n) is 3.15. The van der Waals surface area contributed by atoms with E-state index in [1.165, 1.54) is 26.2 Å². The molecule has 0 bridgehead atoms. The van der Waals surface area contributed by atoms with E-state index >= 15 is 0 Å². The molecular formula is C11H25N3. The van der Waals surface area contributed by atoms with Crippen LogP contribution in [0.15, 0.2) is 0 Å². The summed E-state index contributed by atoms with van der Waals surface area (Å²) in [5.41, 5.74) is 0. The van der Waals surface area contributed by atoms with E-state index < -0.39 is 0 Å². The fourth-order valence-corrected chi connectivity index (χ4v) is 2.13. The molecule has 14 heavy (non-hydrogen) atoms. The zero-order valence-corrected chi connectivity index (χ0v) is 10.2. The van der Waals surface area contributed by atoms with Gasteiger partial charge in [0.15, 0.2) is 0 Å². The second-order valence-electron chi connectivity index (χ2n) is 4.22. The van der Waals surface area contributed by atoms with E-state index in [4.69, 9.17) is 0 Å². The molecular weight excluding hydrogens is 174 g/mol. The van der Waals surface area contributed by atoms with E-state index in [1.807, 2.05) is 0 Å². The molecule has 1 aliphatic rings. The largest absolute Gasteiger partial charge is 0.298 e. The molecule has 0 spiro atoms. The van der Waals surface area contributed by atoms with E-state index in [0.29, 0.717) is 6.04 Å². The average molecular weight is 199 g/mol. The molecule has 0 aliphatic carbocycles. The van der Waals surface area contributed by atoms with Crippen LogP contribution in [0.2, 0.25) is 0 Å². The van der Waals surface area contributed by atoms with E-state index in [9.17, 15) is 0 Å². The van der Waals surface area contributed by atoms with Gasteiger partial charge in [0.25, 0.3) is 0 Å². The van der Waals surface area contributed by atoms with Gasteiger partial charge in [-0.15, -0.1) is 0 Å². The smallest absolute Gasteiger partial charge is 0.0261 e. The molecule has 3 nitrogen and oxygen atoms in total. The first-order valence-electron chi connectivity index (χ1n) is 5.92. The van der Waals surface area contributed by atoms with Crippen molar-refractivity contribution >= 4 is 0 Å². The molecule has 0 unspecified atom stereocenters. The van der Waals surface area contributed by atoms with Crippen LogP contribution in [0.3, 0.4) is 0 Å². The third kappa shape index (κ3) is 2.94. The molecule has 84 valence electrons. The quantitative estimate of drug-likeness (QED) is 0.675. The first kappa shape index (κ1) is 12.0. The van der Waals surface area contributed by atoms with Crippen LogP contribution in [0.4, 0.5) is 0 Å². The molecule has 1 heterocycles. The minimum Gasteiger partial charge on any atom is -0.298 e. The molecule has 3 heteroatoms. The highest BCUT2D eigenvalue weighted by molar-refractivity contribution is 4.72. The zero-order chi connectivity index (χ0) is 10.6. The van der Waals surface area contributed by atoms with Crippen LogP contribution < -0.4 is 0 Å². The predicted molar refractivity (Wildman–Crippen MR) is 61.2 cm³/mol. The zero-order valence-electron chi connectivity index (χ0n) is 10.2. The van der Waals surface area contributed by atoms with Gasteiger partial charge in [0, 0.05) is 45.3 Å². The second-order valence-corrected chi connectivity index (χ2v) is 4.22. The summed E-state index contributed by atoms with van der Waals surface area (Å²) in [6.07, 6.45) is 0. The fraction of sp³-hybridized carbons (Fsp3) is 1.00. The standard InChI is InChI=1S/C11H25N3/c1-5-13(6-2)14-9-7-12(8-10-14)11(3)4/h11H,5-10H2,1-4H3. The van der Waals surface area contributed by atoms with Gasteiger partial charge in [-0.2, -0.15) is 0 Å². The molecule has 0 atom stereocenters. The van der Waals surface area contributed by atoms with E-state index in [0.717, 1.165) is 13.1 Å². The molecule has 0 aromatic carbocycles. The summed E-state index contributed by atoms with van der Waals surface area (Å²) in [7, 11) is 0. The lowest BCUT2D eigenvalue weighted by Gasteiger charge is -2.41. The lowest BCUT2D eigenvalue weighted by molar-refractivity contribution is -0.0553. The van der Waals surface area contributed by atoms with Gasteiger partial charge in [-0.05, 0) is 13.8 Å². The molecule has 0 amide bonds.